The van der Waals surface area contributed by atoms with Crippen LogP contribution in [-0.4, -0.2) is 0 Å². The number of aryl methyl sites for hydroxylation is 2. The number of rotatable bonds is 4. The fourth-order valence-corrected chi connectivity index (χ4v) is 5.25. The van der Waals surface area contributed by atoms with Crippen molar-refractivity contribution >= 4 is 0 Å². The Labute approximate surface area is 196 Å². The van der Waals surface area contributed by atoms with Crippen LogP contribution >= 0.6 is 0 Å². The second-order valence-electron chi connectivity index (χ2n) is 10.6. The highest BCUT2D eigenvalue weighted by atomic mass is 14.3. The van der Waals surface area contributed by atoms with E-state index in [1.165, 1.54) is 73.6 Å². The molecule has 2 aliphatic rings. The lowest BCUT2D eigenvalue weighted by molar-refractivity contribution is 0.201. The van der Waals surface area contributed by atoms with Gasteiger partial charge in [0, 0.05) is 2.85 Å². The molecular weight excluding hydrogens is 372 g/mol. The molecule has 0 spiro atoms. The molecule has 176 valence electrons. The molecule has 0 nitrogen and oxygen atoms in total. The van der Waals surface area contributed by atoms with Crippen LogP contribution in [0.15, 0.2) is 48.5 Å². The minimum atomic E-state index is 0. The predicted molar refractivity (Wildman–Crippen MR) is 143 cm³/mol. The molecule has 0 amide bonds. The highest BCUT2D eigenvalue weighted by Crippen LogP contribution is 2.37. The van der Waals surface area contributed by atoms with E-state index in [-0.39, 0.29) is 10.3 Å². The Kier molecular flexibility index (Phi) is 10.9. The van der Waals surface area contributed by atoms with Gasteiger partial charge in [0.05, 0.1) is 0 Å². The molecule has 0 unspecified atom stereocenters. The van der Waals surface area contributed by atoms with Gasteiger partial charge in [-0.3, -0.25) is 0 Å². The van der Waals surface area contributed by atoms with Gasteiger partial charge >= 0.3 is 0 Å². The van der Waals surface area contributed by atoms with Crippen LogP contribution in [0.5, 0.6) is 0 Å². The monoisotopic (exact) mass is 424 g/mol. The van der Waals surface area contributed by atoms with Gasteiger partial charge in [0.15, 0.2) is 0 Å². The summed E-state index contributed by atoms with van der Waals surface area (Å²) >= 11 is 0. The Balaban J connectivity index is 0.000000569. The van der Waals surface area contributed by atoms with Crippen molar-refractivity contribution in [2.45, 2.75) is 99.3 Å². The molecular formula is C31H52. The topological polar surface area (TPSA) is 0 Å². The van der Waals surface area contributed by atoms with Crippen LogP contribution in [0.25, 0.3) is 0 Å². The van der Waals surface area contributed by atoms with Gasteiger partial charge in [0.2, 0.25) is 0 Å². The zero-order valence-corrected chi connectivity index (χ0v) is 20.0. The number of hydrogen-bond acceptors (Lipinski definition) is 0. The van der Waals surface area contributed by atoms with E-state index in [9.17, 15) is 0 Å². The predicted octanol–water partition coefficient (Wildman–Crippen LogP) is 10.1. The van der Waals surface area contributed by atoms with Gasteiger partial charge in [0.25, 0.3) is 0 Å². The highest BCUT2D eigenvalue weighted by molar-refractivity contribution is 5.29. The van der Waals surface area contributed by atoms with E-state index in [2.05, 4.69) is 76.2 Å². The van der Waals surface area contributed by atoms with E-state index in [4.69, 9.17) is 0 Å². The maximum absolute atomic E-state index is 2.43. The SMILES string of the molecule is C.CC1CCC(CC2CCC(C)CC2)CC1.Cc1ccc(Cc2ccc(C)cc2)cc1.[HH].[HH]. The Bertz CT molecular complexity index is 655. The van der Waals surface area contributed by atoms with Crippen LogP contribution in [0.3, 0.4) is 0 Å². The smallest absolute Gasteiger partial charge is 0 e. The third-order valence-electron chi connectivity index (χ3n) is 7.59. The van der Waals surface area contributed by atoms with Crippen molar-refractivity contribution in [3.8, 4) is 0 Å². The molecule has 0 N–H and O–H groups in total. The van der Waals surface area contributed by atoms with Crippen LogP contribution in [-0.2, 0) is 6.42 Å². The minimum absolute atomic E-state index is 0. The number of hydrogen-bond donors (Lipinski definition) is 0. The van der Waals surface area contributed by atoms with Gasteiger partial charge in [-0.2, -0.15) is 0 Å². The Morgan fingerprint density at radius 3 is 1.23 bits per heavy atom. The van der Waals surface area contributed by atoms with Crippen molar-refractivity contribution in [3.05, 3.63) is 70.8 Å². The van der Waals surface area contributed by atoms with Gasteiger partial charge in [-0.15, -0.1) is 0 Å². The van der Waals surface area contributed by atoms with E-state index in [0.29, 0.717) is 0 Å². The maximum atomic E-state index is 2.43. The average Bonchev–Trinajstić information content (AvgIpc) is 2.75. The van der Waals surface area contributed by atoms with E-state index < -0.39 is 0 Å². The maximum Gasteiger partial charge on any atom is 0 e. The fourth-order valence-electron chi connectivity index (χ4n) is 5.25. The lowest BCUT2D eigenvalue weighted by Crippen LogP contribution is -2.19. The molecule has 0 atom stereocenters. The summed E-state index contributed by atoms with van der Waals surface area (Å²) in [6.45, 7) is 9.10. The average molecular weight is 425 g/mol. The molecule has 0 aliphatic heterocycles. The van der Waals surface area contributed by atoms with Crippen LogP contribution in [0.1, 0.15) is 104 Å². The zero-order chi connectivity index (χ0) is 21.3. The van der Waals surface area contributed by atoms with E-state index in [1.807, 2.05) is 0 Å². The number of benzene rings is 2. The molecule has 2 aliphatic carbocycles. The second-order valence-corrected chi connectivity index (χ2v) is 10.6. The first-order valence-corrected chi connectivity index (χ1v) is 12.6. The quantitative estimate of drug-likeness (QED) is 0.458. The third kappa shape index (κ3) is 9.22. The molecule has 0 heteroatoms. The first-order valence-electron chi connectivity index (χ1n) is 12.6. The van der Waals surface area contributed by atoms with Gasteiger partial charge < -0.3 is 0 Å². The molecule has 2 aromatic carbocycles. The summed E-state index contributed by atoms with van der Waals surface area (Å²) in [5.74, 6) is 4.24. The van der Waals surface area contributed by atoms with Gasteiger partial charge in [-0.05, 0) is 61.5 Å². The van der Waals surface area contributed by atoms with Crippen molar-refractivity contribution in [2.75, 3.05) is 0 Å². The molecule has 0 heterocycles. The van der Waals surface area contributed by atoms with Gasteiger partial charge in [0.1, 0.15) is 0 Å². The first-order chi connectivity index (χ1) is 14.5. The Morgan fingerprint density at radius 1 is 0.581 bits per heavy atom. The lowest BCUT2D eigenvalue weighted by Gasteiger charge is -2.32. The van der Waals surface area contributed by atoms with Crippen molar-refractivity contribution in [1.82, 2.24) is 0 Å². The molecule has 2 saturated carbocycles. The molecule has 0 radical (unpaired) electrons. The van der Waals surface area contributed by atoms with Crippen molar-refractivity contribution in [1.29, 1.82) is 0 Å². The first kappa shape index (κ1) is 25.7. The van der Waals surface area contributed by atoms with Gasteiger partial charge in [-0.1, -0.05) is 132 Å². The summed E-state index contributed by atoms with van der Waals surface area (Å²) in [5.41, 5.74) is 5.40. The molecule has 0 aromatic heterocycles. The van der Waals surface area contributed by atoms with Crippen LogP contribution in [0.2, 0.25) is 0 Å². The second kappa shape index (κ2) is 13.1. The summed E-state index contributed by atoms with van der Waals surface area (Å²) < 4.78 is 0. The normalized spacial score (nSPS) is 25.7. The summed E-state index contributed by atoms with van der Waals surface area (Å²) in [7, 11) is 0. The van der Waals surface area contributed by atoms with Gasteiger partial charge in [-0.25, -0.2) is 0 Å². The van der Waals surface area contributed by atoms with E-state index in [1.54, 1.807) is 6.42 Å². The highest BCUT2D eigenvalue weighted by Gasteiger charge is 2.24. The Hall–Kier alpha value is -1.56. The Morgan fingerprint density at radius 2 is 0.903 bits per heavy atom. The molecule has 2 fully saturated rings. The van der Waals surface area contributed by atoms with Crippen LogP contribution in [0, 0.1) is 37.5 Å². The molecule has 31 heavy (non-hydrogen) atoms. The van der Waals surface area contributed by atoms with E-state index >= 15 is 0 Å². The van der Waals surface area contributed by atoms with Crippen molar-refractivity contribution in [2.24, 2.45) is 23.7 Å². The molecule has 0 saturated heterocycles. The standard InChI is InChI=1S/C15H28.C15H16.CH4.2H2/c2*1-12-3-7-14(8-4-12)11-15-9-5-13(2)6-10-15;;;/h12-15H,3-11H2,1-2H3;3-10H,11H2,1-2H3;1H4;2*1H. The lowest BCUT2D eigenvalue weighted by atomic mass is 9.74. The molecule has 4 rings (SSSR count). The van der Waals surface area contributed by atoms with Crippen LogP contribution < -0.4 is 0 Å². The minimum Gasteiger partial charge on any atom is -0.0776 e. The van der Waals surface area contributed by atoms with Crippen LogP contribution in [0.4, 0.5) is 0 Å². The summed E-state index contributed by atoms with van der Waals surface area (Å²) in [6, 6.07) is 17.5. The van der Waals surface area contributed by atoms with Crippen molar-refractivity contribution in [3.63, 3.8) is 0 Å². The third-order valence-corrected chi connectivity index (χ3v) is 7.59. The molecule has 2 aromatic rings. The fraction of sp³-hybridized carbons (Fsp3) is 0.613. The zero-order valence-electron chi connectivity index (χ0n) is 20.0. The van der Waals surface area contributed by atoms with E-state index in [0.717, 1.165) is 30.1 Å². The summed E-state index contributed by atoms with van der Waals surface area (Å²) in [4.78, 5) is 0. The molecule has 0 bridgehead atoms. The summed E-state index contributed by atoms with van der Waals surface area (Å²) in [5, 5.41) is 0. The largest absolute Gasteiger partial charge is 0.0776 e. The van der Waals surface area contributed by atoms with Crippen molar-refractivity contribution < 1.29 is 2.85 Å². The summed E-state index contributed by atoms with van der Waals surface area (Å²) in [6.07, 6.45) is 14.8.